The summed E-state index contributed by atoms with van der Waals surface area (Å²) in [6.45, 7) is 0. The summed E-state index contributed by atoms with van der Waals surface area (Å²) in [6, 6.07) is 9.61. The van der Waals surface area contributed by atoms with Gasteiger partial charge in [0.2, 0.25) is 0 Å². The van der Waals surface area contributed by atoms with E-state index in [0.717, 1.165) is 42.9 Å². The zero-order valence-electron chi connectivity index (χ0n) is 12.5. The molecule has 1 saturated carbocycles. The summed E-state index contributed by atoms with van der Waals surface area (Å²) in [7, 11) is 0. The van der Waals surface area contributed by atoms with Gasteiger partial charge in [0.1, 0.15) is 6.29 Å². The first-order valence-corrected chi connectivity index (χ1v) is 7.86. The highest BCUT2D eigenvalue weighted by Crippen LogP contribution is 2.26. The number of rotatable bonds is 4. The highest BCUT2D eigenvalue weighted by molar-refractivity contribution is 6.06. The molecule has 0 unspecified atom stereocenters. The molecular formula is C18H20N2O2. The number of pyridine rings is 1. The molecule has 22 heavy (non-hydrogen) atoms. The lowest BCUT2D eigenvalue weighted by Gasteiger charge is -2.28. The zero-order chi connectivity index (χ0) is 15.4. The average molecular weight is 296 g/mol. The van der Waals surface area contributed by atoms with Crippen molar-refractivity contribution in [3.05, 3.63) is 42.1 Å². The summed E-state index contributed by atoms with van der Waals surface area (Å²) in [4.78, 5) is 27.4. The van der Waals surface area contributed by atoms with Gasteiger partial charge in [-0.25, -0.2) is 0 Å². The summed E-state index contributed by atoms with van der Waals surface area (Å²) in [5.41, 5.74) is 1.52. The van der Waals surface area contributed by atoms with Gasteiger partial charge in [0, 0.05) is 29.6 Å². The Balaban J connectivity index is 1.68. The van der Waals surface area contributed by atoms with Gasteiger partial charge in [0.15, 0.2) is 0 Å². The monoisotopic (exact) mass is 296 g/mol. The number of nitrogens with zero attached hydrogens (tertiary/aromatic N) is 1. The van der Waals surface area contributed by atoms with Gasteiger partial charge in [0.25, 0.3) is 5.91 Å². The predicted octanol–water partition coefficient (Wildman–Crippen LogP) is 3.11. The van der Waals surface area contributed by atoms with E-state index in [0.29, 0.717) is 17.9 Å². The lowest BCUT2D eigenvalue weighted by Crippen LogP contribution is -2.37. The number of carbonyl (C=O) groups excluding carboxylic acids is 2. The largest absolute Gasteiger partial charge is 0.349 e. The molecule has 0 radical (unpaired) electrons. The minimum absolute atomic E-state index is 0.0302. The van der Waals surface area contributed by atoms with Crippen LogP contribution in [0.15, 0.2) is 36.5 Å². The molecule has 1 heterocycles. The number of fused-ring (bicyclic) bond motifs is 1. The van der Waals surface area contributed by atoms with Crippen LogP contribution in [0.1, 0.15) is 42.5 Å². The number of aldehydes is 1. The standard InChI is InChI=1S/C18H20N2O2/c21-12-10-13-6-8-14(9-7-13)20-18(22)16-3-1-5-17-15(16)4-2-11-19-17/h1-5,11-14H,6-10H2,(H,20,22)/t13-,14-. The van der Waals surface area contributed by atoms with Crippen LogP contribution in [0.5, 0.6) is 0 Å². The first-order chi connectivity index (χ1) is 10.8. The molecular weight excluding hydrogens is 276 g/mol. The summed E-state index contributed by atoms with van der Waals surface area (Å²) < 4.78 is 0. The van der Waals surface area contributed by atoms with E-state index >= 15 is 0 Å². The van der Waals surface area contributed by atoms with E-state index in [-0.39, 0.29) is 11.9 Å². The molecule has 4 nitrogen and oxygen atoms in total. The first-order valence-electron chi connectivity index (χ1n) is 7.86. The fraction of sp³-hybridized carbons (Fsp3) is 0.389. The minimum atomic E-state index is -0.0302. The lowest BCUT2D eigenvalue weighted by molar-refractivity contribution is -0.108. The Morgan fingerprint density at radius 2 is 2.00 bits per heavy atom. The molecule has 2 aromatic rings. The molecule has 114 valence electrons. The number of nitrogens with one attached hydrogen (secondary N) is 1. The molecule has 1 fully saturated rings. The fourth-order valence-corrected chi connectivity index (χ4v) is 3.24. The molecule has 1 aromatic heterocycles. The van der Waals surface area contributed by atoms with E-state index in [9.17, 15) is 9.59 Å². The highest BCUT2D eigenvalue weighted by Gasteiger charge is 2.23. The maximum absolute atomic E-state index is 12.5. The SMILES string of the molecule is O=CC[C@H]1CC[C@H](NC(=O)c2cccc3ncccc23)CC1. The van der Waals surface area contributed by atoms with Gasteiger partial charge in [-0.1, -0.05) is 12.1 Å². The van der Waals surface area contributed by atoms with Crippen molar-refractivity contribution in [1.29, 1.82) is 0 Å². The third-order valence-corrected chi connectivity index (χ3v) is 4.50. The minimum Gasteiger partial charge on any atom is -0.349 e. The van der Waals surface area contributed by atoms with Crippen LogP contribution in [-0.4, -0.2) is 23.2 Å². The summed E-state index contributed by atoms with van der Waals surface area (Å²) in [5.74, 6) is 0.463. The van der Waals surface area contributed by atoms with E-state index in [1.54, 1.807) is 6.20 Å². The number of hydrogen-bond donors (Lipinski definition) is 1. The van der Waals surface area contributed by atoms with Crippen LogP contribution in [0.2, 0.25) is 0 Å². The molecule has 3 rings (SSSR count). The van der Waals surface area contributed by atoms with Crippen molar-refractivity contribution in [3.63, 3.8) is 0 Å². The molecule has 0 aliphatic heterocycles. The van der Waals surface area contributed by atoms with Crippen molar-refractivity contribution < 1.29 is 9.59 Å². The van der Waals surface area contributed by atoms with Crippen molar-refractivity contribution in [2.45, 2.75) is 38.1 Å². The molecule has 1 N–H and O–H groups in total. The number of aromatic nitrogens is 1. The second-order valence-corrected chi connectivity index (χ2v) is 5.97. The van der Waals surface area contributed by atoms with E-state index < -0.39 is 0 Å². The molecule has 1 amide bonds. The van der Waals surface area contributed by atoms with Crippen molar-refractivity contribution in [1.82, 2.24) is 10.3 Å². The van der Waals surface area contributed by atoms with Crippen molar-refractivity contribution in [3.8, 4) is 0 Å². The Hall–Kier alpha value is -2.23. The second-order valence-electron chi connectivity index (χ2n) is 5.97. The van der Waals surface area contributed by atoms with Crippen molar-refractivity contribution in [2.75, 3.05) is 0 Å². The van der Waals surface area contributed by atoms with E-state index in [4.69, 9.17) is 0 Å². The van der Waals surface area contributed by atoms with Gasteiger partial charge in [-0.3, -0.25) is 9.78 Å². The molecule has 1 aliphatic rings. The fourth-order valence-electron chi connectivity index (χ4n) is 3.24. The Labute approximate surface area is 129 Å². The Morgan fingerprint density at radius 1 is 1.18 bits per heavy atom. The van der Waals surface area contributed by atoms with E-state index in [2.05, 4.69) is 10.3 Å². The second kappa shape index (κ2) is 6.69. The van der Waals surface area contributed by atoms with Gasteiger partial charge >= 0.3 is 0 Å². The van der Waals surface area contributed by atoms with Crippen LogP contribution >= 0.6 is 0 Å². The van der Waals surface area contributed by atoms with Gasteiger partial charge < -0.3 is 10.1 Å². The van der Waals surface area contributed by atoms with Gasteiger partial charge in [-0.05, 0) is 49.8 Å². The molecule has 1 aliphatic carbocycles. The predicted molar refractivity (Wildman–Crippen MR) is 85.6 cm³/mol. The van der Waals surface area contributed by atoms with Gasteiger partial charge in [-0.15, -0.1) is 0 Å². The van der Waals surface area contributed by atoms with Gasteiger partial charge in [0.05, 0.1) is 5.52 Å². The molecule has 1 aromatic carbocycles. The molecule has 0 bridgehead atoms. The number of benzene rings is 1. The van der Waals surface area contributed by atoms with E-state index in [1.807, 2.05) is 30.3 Å². The Bertz CT molecular complexity index is 670. The maximum Gasteiger partial charge on any atom is 0.252 e. The number of hydrogen-bond acceptors (Lipinski definition) is 3. The maximum atomic E-state index is 12.5. The normalized spacial score (nSPS) is 21.5. The Kier molecular flexibility index (Phi) is 4.47. The quantitative estimate of drug-likeness (QED) is 0.882. The molecule has 0 spiro atoms. The summed E-state index contributed by atoms with van der Waals surface area (Å²) in [5, 5.41) is 4.02. The number of carbonyl (C=O) groups is 2. The zero-order valence-corrected chi connectivity index (χ0v) is 12.5. The lowest BCUT2D eigenvalue weighted by atomic mass is 9.84. The van der Waals surface area contributed by atoms with Crippen LogP contribution in [0.3, 0.4) is 0 Å². The highest BCUT2D eigenvalue weighted by atomic mass is 16.1. The Morgan fingerprint density at radius 3 is 2.77 bits per heavy atom. The van der Waals surface area contributed by atoms with E-state index in [1.165, 1.54) is 0 Å². The average Bonchev–Trinajstić information content (AvgIpc) is 2.56. The van der Waals surface area contributed by atoms with Crippen LogP contribution < -0.4 is 5.32 Å². The van der Waals surface area contributed by atoms with Crippen LogP contribution in [0, 0.1) is 5.92 Å². The molecule has 4 heteroatoms. The van der Waals surface area contributed by atoms with Crippen LogP contribution in [0.25, 0.3) is 10.9 Å². The van der Waals surface area contributed by atoms with Crippen molar-refractivity contribution in [2.24, 2.45) is 5.92 Å². The van der Waals surface area contributed by atoms with Crippen LogP contribution in [-0.2, 0) is 4.79 Å². The molecule has 0 saturated heterocycles. The van der Waals surface area contributed by atoms with Crippen molar-refractivity contribution >= 4 is 23.1 Å². The third-order valence-electron chi connectivity index (χ3n) is 4.50. The summed E-state index contributed by atoms with van der Waals surface area (Å²) >= 11 is 0. The molecule has 0 atom stereocenters. The summed E-state index contributed by atoms with van der Waals surface area (Å²) in [6.07, 6.45) is 7.32. The third kappa shape index (κ3) is 3.16. The van der Waals surface area contributed by atoms with Crippen LogP contribution in [0.4, 0.5) is 0 Å². The smallest absolute Gasteiger partial charge is 0.252 e. The number of amides is 1. The topological polar surface area (TPSA) is 59.1 Å². The van der Waals surface area contributed by atoms with Gasteiger partial charge in [-0.2, -0.15) is 0 Å². The first kappa shape index (κ1) is 14.7.